The van der Waals surface area contributed by atoms with Crippen molar-refractivity contribution in [2.45, 2.75) is 18.9 Å². The van der Waals surface area contributed by atoms with Crippen LogP contribution in [0.4, 0.5) is 0 Å². The van der Waals surface area contributed by atoms with E-state index < -0.39 is 0 Å². The minimum atomic E-state index is 0.444. The van der Waals surface area contributed by atoms with E-state index in [-0.39, 0.29) is 0 Å². The third-order valence-electron chi connectivity index (χ3n) is 4.10. The minimum absolute atomic E-state index is 0.444. The highest BCUT2D eigenvalue weighted by Crippen LogP contribution is 2.39. The van der Waals surface area contributed by atoms with Crippen LogP contribution >= 0.6 is 0 Å². The zero-order valence-electron chi connectivity index (χ0n) is 11.3. The SMILES string of the molecule is c1ccc(C2COc3c(ccc4c3CNCO4)C2)cc1. The molecule has 2 heterocycles. The molecule has 0 saturated heterocycles. The van der Waals surface area contributed by atoms with Crippen molar-refractivity contribution in [3.05, 3.63) is 59.2 Å². The first-order valence-corrected chi connectivity index (χ1v) is 7.08. The first kappa shape index (κ1) is 11.8. The lowest BCUT2D eigenvalue weighted by atomic mass is 9.89. The predicted octanol–water partition coefficient (Wildman–Crippen LogP) is 2.84. The number of rotatable bonds is 1. The summed E-state index contributed by atoms with van der Waals surface area (Å²) >= 11 is 0. The molecule has 3 heteroatoms. The third-order valence-corrected chi connectivity index (χ3v) is 4.10. The molecule has 0 bridgehead atoms. The van der Waals surface area contributed by atoms with Crippen LogP contribution in [0.3, 0.4) is 0 Å². The van der Waals surface area contributed by atoms with Crippen LogP contribution in [-0.2, 0) is 13.0 Å². The fourth-order valence-electron chi connectivity index (χ4n) is 3.05. The summed E-state index contributed by atoms with van der Waals surface area (Å²) < 4.78 is 11.7. The smallest absolute Gasteiger partial charge is 0.139 e. The molecule has 0 fully saturated rings. The number of hydrogen-bond acceptors (Lipinski definition) is 3. The van der Waals surface area contributed by atoms with E-state index in [1.54, 1.807) is 0 Å². The average molecular weight is 267 g/mol. The van der Waals surface area contributed by atoms with Gasteiger partial charge in [0.05, 0.1) is 12.2 Å². The normalized spacial score (nSPS) is 20.3. The van der Waals surface area contributed by atoms with Crippen LogP contribution in [0.5, 0.6) is 11.5 Å². The Hall–Kier alpha value is -2.00. The summed E-state index contributed by atoms with van der Waals surface area (Å²) in [5, 5.41) is 3.23. The van der Waals surface area contributed by atoms with Gasteiger partial charge in [-0.25, -0.2) is 0 Å². The highest BCUT2D eigenvalue weighted by molar-refractivity contribution is 5.52. The van der Waals surface area contributed by atoms with Crippen molar-refractivity contribution in [2.24, 2.45) is 0 Å². The number of benzene rings is 2. The Morgan fingerprint density at radius 1 is 1.00 bits per heavy atom. The van der Waals surface area contributed by atoms with E-state index >= 15 is 0 Å². The number of hydrogen-bond donors (Lipinski definition) is 1. The van der Waals surface area contributed by atoms with E-state index in [1.807, 2.05) is 0 Å². The van der Waals surface area contributed by atoms with Gasteiger partial charge in [-0.2, -0.15) is 0 Å². The maximum Gasteiger partial charge on any atom is 0.139 e. The summed E-state index contributed by atoms with van der Waals surface area (Å²) in [6.45, 7) is 2.15. The van der Waals surface area contributed by atoms with E-state index in [4.69, 9.17) is 9.47 Å². The quantitative estimate of drug-likeness (QED) is 0.862. The molecule has 1 unspecified atom stereocenters. The topological polar surface area (TPSA) is 30.5 Å². The molecule has 0 saturated carbocycles. The highest BCUT2D eigenvalue weighted by atomic mass is 16.5. The van der Waals surface area contributed by atoms with Crippen LogP contribution in [0.2, 0.25) is 0 Å². The van der Waals surface area contributed by atoms with Crippen molar-refractivity contribution in [3.8, 4) is 11.5 Å². The molecule has 2 aromatic carbocycles. The largest absolute Gasteiger partial charge is 0.492 e. The van der Waals surface area contributed by atoms with E-state index in [0.29, 0.717) is 12.6 Å². The van der Waals surface area contributed by atoms with Crippen molar-refractivity contribution < 1.29 is 9.47 Å². The second-order valence-corrected chi connectivity index (χ2v) is 5.37. The van der Waals surface area contributed by atoms with Crippen molar-refractivity contribution in [2.75, 3.05) is 13.3 Å². The second kappa shape index (κ2) is 4.84. The molecule has 2 aliphatic rings. The first-order chi connectivity index (χ1) is 9.92. The average Bonchev–Trinajstić information content (AvgIpc) is 2.55. The number of ether oxygens (including phenoxy) is 2. The second-order valence-electron chi connectivity index (χ2n) is 5.37. The molecular formula is C17H17NO2. The van der Waals surface area contributed by atoms with Crippen LogP contribution in [0.1, 0.15) is 22.6 Å². The van der Waals surface area contributed by atoms with E-state index in [9.17, 15) is 0 Å². The zero-order valence-corrected chi connectivity index (χ0v) is 11.3. The molecule has 0 radical (unpaired) electrons. The Morgan fingerprint density at radius 2 is 1.90 bits per heavy atom. The molecule has 102 valence electrons. The predicted molar refractivity (Wildman–Crippen MR) is 77.2 cm³/mol. The lowest BCUT2D eigenvalue weighted by molar-refractivity contribution is 0.231. The summed E-state index contributed by atoms with van der Waals surface area (Å²) in [7, 11) is 0. The monoisotopic (exact) mass is 267 g/mol. The van der Waals surface area contributed by atoms with Gasteiger partial charge in [0, 0.05) is 12.5 Å². The fourth-order valence-corrected chi connectivity index (χ4v) is 3.05. The van der Waals surface area contributed by atoms with Crippen LogP contribution in [0.25, 0.3) is 0 Å². The molecule has 0 spiro atoms. The Balaban J connectivity index is 1.67. The third kappa shape index (κ3) is 1.95. The van der Waals surface area contributed by atoms with Gasteiger partial charge in [-0.15, -0.1) is 0 Å². The maximum atomic E-state index is 6.07. The van der Waals surface area contributed by atoms with Gasteiger partial charge in [0.25, 0.3) is 0 Å². The van der Waals surface area contributed by atoms with Crippen molar-refractivity contribution in [1.29, 1.82) is 0 Å². The maximum absolute atomic E-state index is 6.07. The van der Waals surface area contributed by atoms with Gasteiger partial charge in [-0.05, 0) is 23.6 Å². The lowest BCUT2D eigenvalue weighted by Gasteiger charge is -2.30. The highest BCUT2D eigenvalue weighted by Gasteiger charge is 2.26. The molecule has 0 aliphatic carbocycles. The van der Waals surface area contributed by atoms with Gasteiger partial charge in [0.1, 0.15) is 18.2 Å². The molecule has 20 heavy (non-hydrogen) atoms. The molecule has 1 N–H and O–H groups in total. The summed E-state index contributed by atoms with van der Waals surface area (Å²) in [5.41, 5.74) is 3.81. The zero-order chi connectivity index (χ0) is 13.4. The number of fused-ring (bicyclic) bond motifs is 3. The van der Waals surface area contributed by atoms with Gasteiger partial charge in [0.15, 0.2) is 0 Å². The van der Waals surface area contributed by atoms with Crippen LogP contribution < -0.4 is 14.8 Å². The Bertz CT molecular complexity index is 624. The van der Waals surface area contributed by atoms with Gasteiger partial charge in [0.2, 0.25) is 0 Å². The summed E-state index contributed by atoms with van der Waals surface area (Å²) in [4.78, 5) is 0. The Labute approximate surface area is 118 Å². The van der Waals surface area contributed by atoms with Crippen LogP contribution in [0.15, 0.2) is 42.5 Å². The van der Waals surface area contributed by atoms with Gasteiger partial charge < -0.3 is 9.47 Å². The molecule has 4 rings (SSSR count). The van der Waals surface area contributed by atoms with Gasteiger partial charge in [-0.1, -0.05) is 36.4 Å². The van der Waals surface area contributed by atoms with Crippen molar-refractivity contribution in [3.63, 3.8) is 0 Å². The van der Waals surface area contributed by atoms with E-state index in [2.05, 4.69) is 47.8 Å². The summed E-state index contributed by atoms with van der Waals surface area (Å²) in [6, 6.07) is 14.8. The molecule has 2 aromatic rings. The van der Waals surface area contributed by atoms with E-state index in [1.165, 1.54) is 16.7 Å². The Morgan fingerprint density at radius 3 is 2.80 bits per heavy atom. The molecular weight excluding hydrogens is 250 g/mol. The fraction of sp³-hybridized carbons (Fsp3) is 0.294. The van der Waals surface area contributed by atoms with Crippen LogP contribution in [-0.4, -0.2) is 13.3 Å². The first-order valence-electron chi connectivity index (χ1n) is 7.08. The van der Waals surface area contributed by atoms with Crippen LogP contribution in [0, 0.1) is 0 Å². The standard InChI is InChI=1S/C17H17NO2/c1-2-4-12(5-3-1)14-8-13-6-7-16-15(9-18-11-20-16)17(13)19-10-14/h1-7,14,18H,8-11H2. The molecule has 0 aromatic heterocycles. The molecule has 3 nitrogen and oxygen atoms in total. The Kier molecular flexibility index (Phi) is 2.85. The van der Waals surface area contributed by atoms with Crippen molar-refractivity contribution in [1.82, 2.24) is 5.32 Å². The lowest BCUT2D eigenvalue weighted by Crippen LogP contribution is -2.28. The van der Waals surface area contributed by atoms with E-state index in [0.717, 1.165) is 31.1 Å². The van der Waals surface area contributed by atoms with Gasteiger partial charge >= 0.3 is 0 Å². The molecule has 2 aliphatic heterocycles. The number of nitrogens with one attached hydrogen (secondary N) is 1. The van der Waals surface area contributed by atoms with Gasteiger partial charge in [-0.3, -0.25) is 5.32 Å². The van der Waals surface area contributed by atoms with Crippen molar-refractivity contribution >= 4 is 0 Å². The summed E-state index contributed by atoms with van der Waals surface area (Å²) in [6.07, 6.45) is 1.03. The summed E-state index contributed by atoms with van der Waals surface area (Å²) in [5.74, 6) is 2.43. The molecule has 1 atom stereocenters. The molecule has 0 amide bonds. The minimum Gasteiger partial charge on any atom is -0.492 e.